The van der Waals surface area contributed by atoms with Gasteiger partial charge in [0.15, 0.2) is 0 Å². The molecule has 1 aromatic heterocycles. The molecule has 0 bridgehead atoms. The van der Waals surface area contributed by atoms with Crippen LogP contribution in [0.4, 0.5) is 0 Å². The van der Waals surface area contributed by atoms with Crippen molar-refractivity contribution in [2.75, 3.05) is 0 Å². The van der Waals surface area contributed by atoms with Crippen LogP contribution < -0.4 is 0 Å². The highest BCUT2D eigenvalue weighted by atomic mass is 16.4. The van der Waals surface area contributed by atoms with Gasteiger partial charge >= 0.3 is 5.97 Å². The second-order valence-electron chi connectivity index (χ2n) is 3.01. The van der Waals surface area contributed by atoms with E-state index in [9.17, 15) is 9.90 Å². The Hall–Kier alpha value is -2.23. The lowest BCUT2D eigenvalue weighted by molar-refractivity contribution is 0.0694. The summed E-state index contributed by atoms with van der Waals surface area (Å²) >= 11 is 0. The van der Waals surface area contributed by atoms with Gasteiger partial charge in [0.05, 0.1) is 6.26 Å². The van der Waals surface area contributed by atoms with Crippen molar-refractivity contribution in [1.29, 1.82) is 0 Å². The molecule has 4 heteroatoms. The molecule has 2 aromatic rings. The van der Waals surface area contributed by atoms with Crippen LogP contribution in [-0.2, 0) is 0 Å². The van der Waals surface area contributed by atoms with Crippen LogP contribution in [0.15, 0.2) is 41.0 Å². The van der Waals surface area contributed by atoms with Crippen LogP contribution in [0.5, 0.6) is 5.75 Å². The number of carboxylic acid groups (broad SMARTS) is 1. The molecule has 2 rings (SSSR count). The first kappa shape index (κ1) is 9.33. The molecule has 0 aliphatic carbocycles. The SMILES string of the molecule is O=C(O)c1ccc(-c2ccco2)cc1O. The zero-order valence-electron chi connectivity index (χ0n) is 7.68. The first-order valence-corrected chi connectivity index (χ1v) is 4.28. The summed E-state index contributed by atoms with van der Waals surface area (Å²) in [5.41, 5.74) is 0.521. The number of phenols is 1. The van der Waals surface area contributed by atoms with Gasteiger partial charge in [-0.3, -0.25) is 0 Å². The van der Waals surface area contributed by atoms with Gasteiger partial charge < -0.3 is 14.6 Å². The summed E-state index contributed by atoms with van der Waals surface area (Å²) in [6.07, 6.45) is 1.51. The van der Waals surface area contributed by atoms with Crippen molar-refractivity contribution in [1.82, 2.24) is 0 Å². The maximum Gasteiger partial charge on any atom is 0.339 e. The summed E-state index contributed by atoms with van der Waals surface area (Å²) < 4.78 is 5.12. The summed E-state index contributed by atoms with van der Waals surface area (Å²) in [6, 6.07) is 7.74. The predicted molar refractivity (Wildman–Crippen MR) is 52.8 cm³/mol. The summed E-state index contributed by atoms with van der Waals surface area (Å²) in [5, 5.41) is 18.1. The number of hydrogen-bond acceptors (Lipinski definition) is 3. The third kappa shape index (κ3) is 1.69. The van der Waals surface area contributed by atoms with Gasteiger partial charge in [-0.25, -0.2) is 4.79 Å². The largest absolute Gasteiger partial charge is 0.507 e. The standard InChI is InChI=1S/C11H8O4/c12-9-6-7(10-2-1-5-15-10)3-4-8(9)11(13)14/h1-6,12H,(H,13,14). The van der Waals surface area contributed by atoms with E-state index < -0.39 is 5.97 Å². The molecule has 4 nitrogen and oxygen atoms in total. The van der Waals surface area contributed by atoms with E-state index in [2.05, 4.69) is 0 Å². The molecule has 0 saturated heterocycles. The third-order valence-electron chi connectivity index (χ3n) is 2.03. The van der Waals surface area contributed by atoms with E-state index in [-0.39, 0.29) is 11.3 Å². The number of carbonyl (C=O) groups is 1. The van der Waals surface area contributed by atoms with E-state index >= 15 is 0 Å². The molecule has 0 fully saturated rings. The third-order valence-corrected chi connectivity index (χ3v) is 2.03. The van der Waals surface area contributed by atoms with E-state index in [1.807, 2.05) is 0 Å². The van der Waals surface area contributed by atoms with Gasteiger partial charge in [-0.1, -0.05) is 6.07 Å². The van der Waals surface area contributed by atoms with Crippen LogP contribution >= 0.6 is 0 Å². The highest BCUT2D eigenvalue weighted by molar-refractivity contribution is 5.91. The fourth-order valence-electron chi connectivity index (χ4n) is 1.31. The summed E-state index contributed by atoms with van der Waals surface area (Å²) in [5.74, 6) is -0.836. The van der Waals surface area contributed by atoms with Gasteiger partial charge in [0, 0.05) is 5.56 Å². The summed E-state index contributed by atoms with van der Waals surface area (Å²) in [6.45, 7) is 0. The predicted octanol–water partition coefficient (Wildman–Crippen LogP) is 2.35. The molecule has 0 unspecified atom stereocenters. The van der Waals surface area contributed by atoms with E-state index in [0.29, 0.717) is 11.3 Å². The van der Waals surface area contributed by atoms with Gasteiger partial charge in [-0.05, 0) is 24.3 Å². The van der Waals surface area contributed by atoms with Crippen molar-refractivity contribution < 1.29 is 19.4 Å². The van der Waals surface area contributed by atoms with Crippen molar-refractivity contribution in [2.45, 2.75) is 0 Å². The molecule has 1 heterocycles. The second-order valence-corrected chi connectivity index (χ2v) is 3.01. The highest BCUT2D eigenvalue weighted by Crippen LogP contribution is 2.26. The van der Waals surface area contributed by atoms with Crippen LogP contribution in [0.2, 0.25) is 0 Å². The van der Waals surface area contributed by atoms with E-state index in [0.717, 1.165) is 0 Å². The lowest BCUT2D eigenvalue weighted by Crippen LogP contribution is -1.96. The zero-order chi connectivity index (χ0) is 10.8. The maximum atomic E-state index is 10.6. The van der Waals surface area contributed by atoms with E-state index in [1.54, 1.807) is 18.2 Å². The fourth-order valence-corrected chi connectivity index (χ4v) is 1.31. The zero-order valence-corrected chi connectivity index (χ0v) is 7.68. The van der Waals surface area contributed by atoms with Crippen LogP contribution in [0, 0.1) is 0 Å². The molecule has 2 N–H and O–H groups in total. The number of hydrogen-bond donors (Lipinski definition) is 2. The number of furan rings is 1. The minimum Gasteiger partial charge on any atom is -0.507 e. The highest BCUT2D eigenvalue weighted by Gasteiger charge is 2.11. The van der Waals surface area contributed by atoms with Crippen LogP contribution in [0.3, 0.4) is 0 Å². The van der Waals surface area contributed by atoms with E-state index in [4.69, 9.17) is 9.52 Å². The molecule has 0 spiro atoms. The maximum absolute atomic E-state index is 10.6. The first-order valence-electron chi connectivity index (χ1n) is 4.28. The van der Waals surface area contributed by atoms with Crippen molar-refractivity contribution in [3.05, 3.63) is 42.2 Å². The molecular weight excluding hydrogens is 196 g/mol. The van der Waals surface area contributed by atoms with Gasteiger partial charge in [-0.15, -0.1) is 0 Å². The smallest absolute Gasteiger partial charge is 0.339 e. The van der Waals surface area contributed by atoms with Crippen molar-refractivity contribution in [2.24, 2.45) is 0 Å². The Balaban J connectivity index is 2.47. The molecule has 0 aliphatic heterocycles. The lowest BCUT2D eigenvalue weighted by Gasteiger charge is -2.01. The first-order chi connectivity index (χ1) is 7.18. The Morgan fingerprint density at radius 2 is 2.07 bits per heavy atom. The molecule has 76 valence electrons. The molecule has 0 saturated carbocycles. The summed E-state index contributed by atoms with van der Waals surface area (Å²) in [7, 11) is 0. The fraction of sp³-hybridized carbons (Fsp3) is 0. The number of aromatic carboxylic acids is 1. The number of carboxylic acids is 1. The molecule has 1 aromatic carbocycles. The van der Waals surface area contributed by atoms with Crippen LogP contribution in [0.25, 0.3) is 11.3 Å². The van der Waals surface area contributed by atoms with Gasteiger partial charge in [-0.2, -0.15) is 0 Å². The van der Waals surface area contributed by atoms with Gasteiger partial charge in [0.2, 0.25) is 0 Å². The number of benzene rings is 1. The monoisotopic (exact) mass is 204 g/mol. The lowest BCUT2D eigenvalue weighted by atomic mass is 10.1. The molecule has 15 heavy (non-hydrogen) atoms. The normalized spacial score (nSPS) is 10.1. The second kappa shape index (κ2) is 3.49. The van der Waals surface area contributed by atoms with Gasteiger partial charge in [0.25, 0.3) is 0 Å². The summed E-state index contributed by atoms with van der Waals surface area (Å²) in [4.78, 5) is 10.6. The quantitative estimate of drug-likeness (QED) is 0.787. The number of aromatic hydroxyl groups is 1. The van der Waals surface area contributed by atoms with Gasteiger partial charge in [0.1, 0.15) is 17.1 Å². The van der Waals surface area contributed by atoms with Crippen LogP contribution in [0.1, 0.15) is 10.4 Å². The Bertz CT molecular complexity index is 485. The van der Waals surface area contributed by atoms with Crippen molar-refractivity contribution in [3.8, 4) is 17.1 Å². The molecular formula is C11H8O4. The molecule has 0 atom stereocenters. The minimum atomic E-state index is -1.15. The van der Waals surface area contributed by atoms with Crippen molar-refractivity contribution in [3.63, 3.8) is 0 Å². The van der Waals surface area contributed by atoms with E-state index in [1.165, 1.54) is 18.4 Å². The Morgan fingerprint density at radius 3 is 2.60 bits per heavy atom. The Labute approximate surface area is 85.4 Å². The topological polar surface area (TPSA) is 70.7 Å². The van der Waals surface area contributed by atoms with Crippen molar-refractivity contribution >= 4 is 5.97 Å². The van der Waals surface area contributed by atoms with Crippen LogP contribution in [-0.4, -0.2) is 16.2 Å². The molecule has 0 amide bonds. The minimum absolute atomic E-state index is 0.120. The molecule has 0 radical (unpaired) electrons. The average molecular weight is 204 g/mol. The number of rotatable bonds is 2. The molecule has 0 aliphatic rings. The average Bonchev–Trinajstić information content (AvgIpc) is 2.69. The Kier molecular flexibility index (Phi) is 2.17. The Morgan fingerprint density at radius 1 is 1.27 bits per heavy atom.